The van der Waals surface area contributed by atoms with Crippen LogP contribution in [0.3, 0.4) is 0 Å². The molecule has 5 nitrogen and oxygen atoms in total. The molecule has 2 aromatic carbocycles. The molecule has 3 aromatic rings. The van der Waals surface area contributed by atoms with Gasteiger partial charge in [-0.3, -0.25) is 4.79 Å². The van der Waals surface area contributed by atoms with Crippen LogP contribution in [-0.4, -0.2) is 24.7 Å². The summed E-state index contributed by atoms with van der Waals surface area (Å²) in [5.74, 6) is 1.19. The Bertz CT molecular complexity index is 1060. The quantitative estimate of drug-likeness (QED) is 0.667. The average Bonchev–Trinajstić information content (AvgIpc) is 2.98. The van der Waals surface area contributed by atoms with E-state index in [2.05, 4.69) is 17.1 Å². The van der Waals surface area contributed by atoms with Crippen LogP contribution in [0, 0.1) is 13.8 Å². The number of carbonyl (C=O) groups is 1. The van der Waals surface area contributed by atoms with Gasteiger partial charge in [0.15, 0.2) is 16.3 Å². The standard InChI is InChI=1S/C21H24N2O3S/c1-6-23-16-11-17(25-4)18(26-5)12-19(16)27-21(23)22-20(24)10-15-9-13(2)7-8-14(15)3/h7-9,11-12H,6,10H2,1-5H3. The van der Waals surface area contributed by atoms with Crippen LogP contribution < -0.4 is 14.3 Å². The van der Waals surface area contributed by atoms with Crippen molar-refractivity contribution in [1.29, 1.82) is 0 Å². The number of benzene rings is 2. The molecule has 0 atom stereocenters. The van der Waals surface area contributed by atoms with Gasteiger partial charge < -0.3 is 14.0 Å². The fourth-order valence-corrected chi connectivity index (χ4v) is 4.21. The second-order valence-corrected chi connectivity index (χ2v) is 7.43. The number of thiazole rings is 1. The summed E-state index contributed by atoms with van der Waals surface area (Å²) in [6.45, 7) is 6.80. The van der Waals surface area contributed by atoms with E-state index in [0.29, 0.717) is 29.3 Å². The van der Waals surface area contributed by atoms with Crippen LogP contribution in [-0.2, 0) is 17.8 Å². The molecule has 0 aliphatic rings. The zero-order chi connectivity index (χ0) is 19.6. The zero-order valence-electron chi connectivity index (χ0n) is 16.3. The minimum atomic E-state index is -0.142. The Labute approximate surface area is 162 Å². The van der Waals surface area contributed by atoms with E-state index in [4.69, 9.17) is 9.47 Å². The topological polar surface area (TPSA) is 52.8 Å². The van der Waals surface area contributed by atoms with Crippen LogP contribution in [0.2, 0.25) is 0 Å². The van der Waals surface area contributed by atoms with Crippen LogP contribution in [0.25, 0.3) is 10.2 Å². The maximum Gasteiger partial charge on any atom is 0.252 e. The second-order valence-electron chi connectivity index (χ2n) is 6.42. The molecule has 0 unspecified atom stereocenters. The summed E-state index contributed by atoms with van der Waals surface area (Å²) in [6, 6.07) is 10.0. The fourth-order valence-electron chi connectivity index (χ4n) is 3.09. The van der Waals surface area contributed by atoms with E-state index < -0.39 is 0 Å². The molecule has 0 saturated carbocycles. The molecular weight excluding hydrogens is 360 g/mol. The van der Waals surface area contributed by atoms with Gasteiger partial charge >= 0.3 is 0 Å². The number of hydrogen-bond donors (Lipinski definition) is 0. The van der Waals surface area contributed by atoms with Gasteiger partial charge in [-0.1, -0.05) is 35.1 Å². The lowest BCUT2D eigenvalue weighted by atomic mass is 10.0. The van der Waals surface area contributed by atoms with Crippen LogP contribution in [0.15, 0.2) is 35.3 Å². The zero-order valence-corrected chi connectivity index (χ0v) is 17.1. The summed E-state index contributed by atoms with van der Waals surface area (Å²) in [6.07, 6.45) is 0.304. The number of ether oxygens (including phenoxy) is 2. The van der Waals surface area contributed by atoms with Crippen molar-refractivity contribution in [3.63, 3.8) is 0 Å². The van der Waals surface area contributed by atoms with Crippen molar-refractivity contribution in [1.82, 2.24) is 4.57 Å². The molecule has 0 aliphatic heterocycles. The van der Waals surface area contributed by atoms with Crippen molar-refractivity contribution in [2.45, 2.75) is 33.7 Å². The first-order valence-corrected chi connectivity index (χ1v) is 9.67. The molecule has 0 bridgehead atoms. The van der Waals surface area contributed by atoms with Crippen molar-refractivity contribution in [3.8, 4) is 11.5 Å². The minimum absolute atomic E-state index is 0.142. The molecule has 27 heavy (non-hydrogen) atoms. The van der Waals surface area contributed by atoms with Gasteiger partial charge in [-0.05, 0) is 31.9 Å². The summed E-state index contributed by atoms with van der Waals surface area (Å²) in [7, 11) is 3.23. The highest BCUT2D eigenvalue weighted by Gasteiger charge is 2.13. The molecule has 1 amide bonds. The van der Waals surface area contributed by atoms with Crippen molar-refractivity contribution < 1.29 is 14.3 Å². The smallest absolute Gasteiger partial charge is 0.252 e. The Kier molecular flexibility index (Phi) is 5.65. The van der Waals surface area contributed by atoms with Crippen LogP contribution in [0.4, 0.5) is 0 Å². The monoisotopic (exact) mass is 384 g/mol. The predicted octanol–water partition coefficient (Wildman–Crippen LogP) is 4.03. The molecule has 1 heterocycles. The van der Waals surface area contributed by atoms with E-state index in [-0.39, 0.29) is 5.91 Å². The largest absolute Gasteiger partial charge is 0.493 e. The predicted molar refractivity (Wildman–Crippen MR) is 109 cm³/mol. The van der Waals surface area contributed by atoms with Gasteiger partial charge in [0.1, 0.15) is 0 Å². The van der Waals surface area contributed by atoms with E-state index in [1.165, 1.54) is 11.3 Å². The molecule has 0 saturated heterocycles. The molecule has 6 heteroatoms. The Hall–Kier alpha value is -2.60. The molecule has 142 valence electrons. The summed E-state index contributed by atoms with van der Waals surface area (Å²) >= 11 is 1.48. The average molecular weight is 385 g/mol. The van der Waals surface area contributed by atoms with Crippen LogP contribution in [0.5, 0.6) is 11.5 Å². The third-order valence-corrected chi connectivity index (χ3v) is 5.61. The normalized spacial score (nSPS) is 11.8. The van der Waals surface area contributed by atoms with Gasteiger partial charge in [-0.2, -0.15) is 4.99 Å². The fraction of sp³-hybridized carbons (Fsp3) is 0.333. The van der Waals surface area contributed by atoms with Gasteiger partial charge in [0.25, 0.3) is 5.91 Å². The molecule has 1 aromatic heterocycles. The molecule has 0 aliphatic carbocycles. The van der Waals surface area contributed by atoms with Gasteiger partial charge in [0.2, 0.25) is 0 Å². The van der Waals surface area contributed by atoms with Crippen LogP contribution >= 0.6 is 11.3 Å². The molecule has 0 radical (unpaired) electrons. The van der Waals surface area contributed by atoms with Crippen molar-refractivity contribution >= 4 is 27.5 Å². The number of methoxy groups -OCH3 is 2. The Morgan fingerprint density at radius 1 is 1.11 bits per heavy atom. The number of carbonyl (C=O) groups excluding carboxylic acids is 1. The number of aryl methyl sites for hydroxylation is 3. The lowest BCUT2D eigenvalue weighted by Crippen LogP contribution is -2.16. The number of rotatable bonds is 5. The SMILES string of the molecule is CCn1c(=NC(=O)Cc2cc(C)ccc2C)sc2cc(OC)c(OC)cc21. The number of nitrogens with zero attached hydrogens (tertiary/aromatic N) is 2. The van der Waals surface area contributed by atoms with Gasteiger partial charge in [-0.25, -0.2) is 0 Å². The summed E-state index contributed by atoms with van der Waals surface area (Å²) in [5, 5.41) is 0. The van der Waals surface area contributed by atoms with Crippen molar-refractivity contribution in [2.75, 3.05) is 14.2 Å². The lowest BCUT2D eigenvalue weighted by molar-refractivity contribution is -0.117. The number of hydrogen-bond acceptors (Lipinski definition) is 4. The van der Waals surface area contributed by atoms with E-state index in [1.54, 1.807) is 14.2 Å². The summed E-state index contributed by atoms with van der Waals surface area (Å²) in [4.78, 5) is 17.7. The highest BCUT2D eigenvalue weighted by molar-refractivity contribution is 7.16. The maximum atomic E-state index is 12.6. The Morgan fingerprint density at radius 3 is 2.48 bits per heavy atom. The highest BCUT2D eigenvalue weighted by atomic mass is 32.1. The van der Waals surface area contributed by atoms with Crippen molar-refractivity contribution in [3.05, 3.63) is 51.8 Å². The summed E-state index contributed by atoms with van der Waals surface area (Å²) in [5.41, 5.74) is 4.26. The number of amides is 1. The minimum Gasteiger partial charge on any atom is -0.493 e. The first kappa shape index (κ1) is 19.2. The van der Waals surface area contributed by atoms with E-state index >= 15 is 0 Å². The second kappa shape index (κ2) is 7.96. The molecule has 0 spiro atoms. The number of fused-ring (bicyclic) bond motifs is 1. The summed E-state index contributed by atoms with van der Waals surface area (Å²) < 4.78 is 13.8. The van der Waals surface area contributed by atoms with Crippen LogP contribution in [0.1, 0.15) is 23.6 Å². The van der Waals surface area contributed by atoms with Gasteiger partial charge in [0, 0.05) is 18.7 Å². The third-order valence-electron chi connectivity index (χ3n) is 4.57. The van der Waals surface area contributed by atoms with Crippen molar-refractivity contribution in [2.24, 2.45) is 4.99 Å². The highest BCUT2D eigenvalue weighted by Crippen LogP contribution is 2.33. The number of aromatic nitrogens is 1. The first-order chi connectivity index (χ1) is 13.0. The van der Waals surface area contributed by atoms with E-state index in [0.717, 1.165) is 26.9 Å². The molecule has 0 fully saturated rings. The molecule has 0 N–H and O–H groups in total. The van der Waals surface area contributed by atoms with E-state index in [1.807, 2.05) is 43.5 Å². The molecular formula is C21H24N2O3S. The van der Waals surface area contributed by atoms with Gasteiger partial charge in [-0.15, -0.1) is 0 Å². The third kappa shape index (κ3) is 3.90. The first-order valence-electron chi connectivity index (χ1n) is 8.85. The van der Waals surface area contributed by atoms with Gasteiger partial charge in [0.05, 0.1) is 30.9 Å². The Morgan fingerprint density at radius 2 is 1.81 bits per heavy atom. The Balaban J connectivity index is 2.04. The molecule has 3 rings (SSSR count). The lowest BCUT2D eigenvalue weighted by Gasteiger charge is -2.08. The maximum absolute atomic E-state index is 12.6. The van der Waals surface area contributed by atoms with E-state index in [9.17, 15) is 4.79 Å².